The highest BCUT2D eigenvalue weighted by molar-refractivity contribution is 8.01. The summed E-state index contributed by atoms with van der Waals surface area (Å²) in [5, 5.41) is 5.39. The molecule has 2 amide bonds. The Bertz CT molecular complexity index is 821. The fourth-order valence-corrected chi connectivity index (χ4v) is 4.06. The molecule has 0 saturated carbocycles. The number of carbonyl (C=O) groups is 2. The van der Waals surface area contributed by atoms with Crippen molar-refractivity contribution < 1.29 is 18.4 Å². The van der Waals surface area contributed by atoms with Gasteiger partial charge >= 0.3 is 0 Å². The first-order chi connectivity index (χ1) is 10.9. The monoisotopic (exact) mass is 369 g/mol. The fourth-order valence-electron chi connectivity index (χ4n) is 1.92. The van der Waals surface area contributed by atoms with Gasteiger partial charge in [-0.25, -0.2) is 9.19 Å². The maximum atomic E-state index is 12.2. The number of anilines is 2. The van der Waals surface area contributed by atoms with Crippen molar-refractivity contribution in [2.45, 2.75) is 21.3 Å². The van der Waals surface area contributed by atoms with Crippen LogP contribution in [0.3, 0.4) is 0 Å². The number of amides is 2. The van der Waals surface area contributed by atoms with Gasteiger partial charge in [-0.15, -0.1) is 11.8 Å². The van der Waals surface area contributed by atoms with Crippen molar-refractivity contribution in [1.29, 1.82) is 0 Å². The van der Waals surface area contributed by atoms with Crippen LogP contribution in [0.4, 0.5) is 10.8 Å². The van der Waals surface area contributed by atoms with Crippen LogP contribution in [-0.2, 0) is 15.9 Å². The molecular weight excluding hydrogens is 358 g/mol. The van der Waals surface area contributed by atoms with E-state index in [4.69, 9.17) is 4.55 Å². The Hall–Kier alpha value is -1.75. The number of nitrogens with zero attached hydrogens (tertiary/aromatic N) is 1. The van der Waals surface area contributed by atoms with Crippen LogP contribution in [0.25, 0.3) is 0 Å². The number of nitrogens with one attached hydrogen (secondary N) is 2. The van der Waals surface area contributed by atoms with E-state index >= 15 is 0 Å². The molecule has 0 radical (unpaired) electrons. The van der Waals surface area contributed by atoms with Crippen molar-refractivity contribution in [3.8, 4) is 0 Å². The molecule has 23 heavy (non-hydrogen) atoms. The lowest BCUT2D eigenvalue weighted by molar-refractivity contribution is -0.115. The summed E-state index contributed by atoms with van der Waals surface area (Å²) in [4.78, 5) is 28.7. The van der Waals surface area contributed by atoms with Crippen LogP contribution < -0.4 is 10.6 Å². The fraction of sp³-hybridized carbons (Fsp3) is 0.154. The van der Waals surface area contributed by atoms with E-state index in [1.807, 2.05) is 6.92 Å². The number of benzene rings is 1. The number of fused-ring (bicyclic) bond motifs is 1. The summed E-state index contributed by atoms with van der Waals surface area (Å²) in [7, 11) is 0. The zero-order valence-electron chi connectivity index (χ0n) is 11.7. The molecule has 120 valence electrons. The first kappa shape index (κ1) is 16.1. The third-order valence-electron chi connectivity index (χ3n) is 3.05. The minimum atomic E-state index is -2.12. The van der Waals surface area contributed by atoms with Crippen molar-refractivity contribution in [2.75, 3.05) is 10.6 Å². The van der Waals surface area contributed by atoms with E-state index < -0.39 is 17.0 Å². The topological polar surface area (TPSA) is 108 Å². The number of rotatable bonds is 3. The smallest absolute Gasteiger partial charge is 0.257 e. The van der Waals surface area contributed by atoms with Crippen LogP contribution in [0.1, 0.15) is 17.3 Å². The molecule has 3 rings (SSSR count). The lowest BCUT2D eigenvalue weighted by atomic mass is 10.2. The molecule has 1 aliphatic heterocycles. The number of thiazole rings is 1. The first-order valence-electron chi connectivity index (χ1n) is 6.43. The van der Waals surface area contributed by atoms with Crippen molar-refractivity contribution in [3.05, 3.63) is 30.0 Å². The molecule has 1 aromatic carbocycles. The third kappa shape index (κ3) is 3.44. The second-order valence-electron chi connectivity index (χ2n) is 4.65. The predicted molar refractivity (Wildman–Crippen MR) is 89.5 cm³/mol. The largest absolute Gasteiger partial charge is 0.324 e. The van der Waals surface area contributed by atoms with Gasteiger partial charge in [0.1, 0.15) is 4.21 Å². The highest BCUT2D eigenvalue weighted by Crippen LogP contribution is 2.36. The normalized spacial score (nSPS) is 18.0. The minimum absolute atomic E-state index is 0.102. The van der Waals surface area contributed by atoms with Crippen LogP contribution in [0.15, 0.2) is 33.5 Å². The van der Waals surface area contributed by atoms with Gasteiger partial charge < -0.3 is 9.87 Å². The highest BCUT2D eigenvalue weighted by Gasteiger charge is 2.24. The summed E-state index contributed by atoms with van der Waals surface area (Å²) >= 11 is 0.239. The number of hydrogen-bond donors (Lipinski definition) is 3. The Labute approximate surface area is 142 Å². The number of carbonyl (C=O) groups excluding carboxylic acids is 2. The van der Waals surface area contributed by atoms with Crippen LogP contribution in [0.2, 0.25) is 0 Å². The lowest BCUT2D eigenvalue weighted by Crippen LogP contribution is -2.26. The third-order valence-corrected chi connectivity index (χ3v) is 6.06. The predicted octanol–water partition coefficient (Wildman–Crippen LogP) is 2.41. The highest BCUT2D eigenvalue weighted by atomic mass is 32.2. The average Bonchev–Trinajstić information content (AvgIpc) is 2.96. The van der Waals surface area contributed by atoms with Gasteiger partial charge in [-0.05, 0) is 25.1 Å². The average molecular weight is 369 g/mol. The summed E-state index contributed by atoms with van der Waals surface area (Å²) in [5.41, 5.74) is 0.961. The van der Waals surface area contributed by atoms with Crippen molar-refractivity contribution in [2.24, 2.45) is 0 Å². The van der Waals surface area contributed by atoms with Crippen molar-refractivity contribution in [1.82, 2.24) is 4.98 Å². The SMILES string of the molecule is C[C@H]1Sc2ccc(C(=O)Nc3ncc(S(=O)O)s3)cc2NC1=O. The zero-order valence-corrected chi connectivity index (χ0v) is 14.2. The zero-order chi connectivity index (χ0) is 16.6. The Morgan fingerprint density at radius 2 is 2.26 bits per heavy atom. The van der Waals surface area contributed by atoms with Crippen LogP contribution in [-0.4, -0.2) is 30.8 Å². The van der Waals surface area contributed by atoms with Crippen LogP contribution in [0.5, 0.6) is 0 Å². The summed E-state index contributed by atoms with van der Waals surface area (Å²) in [5.74, 6) is -0.509. The molecule has 1 aromatic heterocycles. The van der Waals surface area contributed by atoms with Crippen molar-refractivity contribution in [3.63, 3.8) is 0 Å². The Balaban J connectivity index is 1.79. The molecule has 3 N–H and O–H groups in total. The molecule has 10 heteroatoms. The summed E-state index contributed by atoms with van der Waals surface area (Å²) in [6.45, 7) is 1.81. The van der Waals surface area contributed by atoms with Crippen LogP contribution >= 0.6 is 23.1 Å². The Kier molecular flexibility index (Phi) is 4.48. The van der Waals surface area contributed by atoms with E-state index in [9.17, 15) is 13.8 Å². The molecule has 0 bridgehead atoms. The molecule has 0 saturated heterocycles. The van der Waals surface area contributed by atoms with Gasteiger partial charge in [-0.2, -0.15) is 0 Å². The molecule has 2 atom stereocenters. The van der Waals surface area contributed by atoms with E-state index in [0.717, 1.165) is 16.2 Å². The number of hydrogen-bond acceptors (Lipinski definition) is 6. The molecule has 7 nitrogen and oxygen atoms in total. The summed E-state index contributed by atoms with van der Waals surface area (Å²) < 4.78 is 20.0. The molecule has 0 fully saturated rings. The number of aromatic nitrogens is 1. The van der Waals surface area contributed by atoms with Gasteiger partial charge in [0.15, 0.2) is 16.2 Å². The van der Waals surface area contributed by atoms with E-state index in [-0.39, 0.29) is 20.5 Å². The molecule has 1 unspecified atom stereocenters. The van der Waals surface area contributed by atoms with Gasteiger partial charge in [0.25, 0.3) is 5.91 Å². The summed E-state index contributed by atoms with van der Waals surface area (Å²) in [6, 6.07) is 5.03. The minimum Gasteiger partial charge on any atom is -0.324 e. The molecular formula is C13H11N3O4S3. The standard InChI is InChI=1S/C13H11N3O4S3/c1-6-11(17)15-8-4-7(2-3-9(8)21-6)12(18)16-13-14-5-10(22-13)23(19)20/h2-6H,1H3,(H,15,17)(H,19,20)(H,14,16,18)/t6-/m1/s1. The van der Waals surface area contributed by atoms with E-state index in [0.29, 0.717) is 11.3 Å². The Morgan fingerprint density at radius 3 is 2.96 bits per heavy atom. The number of thioether (sulfide) groups is 1. The molecule has 2 aromatic rings. The quantitative estimate of drug-likeness (QED) is 0.717. The van der Waals surface area contributed by atoms with E-state index in [2.05, 4.69) is 15.6 Å². The molecule has 2 heterocycles. The second-order valence-corrected chi connectivity index (χ2v) is 8.26. The van der Waals surface area contributed by atoms with Gasteiger partial charge in [0.2, 0.25) is 5.91 Å². The van der Waals surface area contributed by atoms with Crippen molar-refractivity contribution >= 4 is 56.8 Å². The van der Waals surface area contributed by atoms with Gasteiger partial charge in [0.05, 0.1) is 17.1 Å². The second kappa shape index (κ2) is 6.40. The summed E-state index contributed by atoms with van der Waals surface area (Å²) in [6.07, 6.45) is 1.24. The van der Waals surface area contributed by atoms with Crippen LogP contribution in [0, 0.1) is 0 Å². The Morgan fingerprint density at radius 1 is 1.48 bits per heavy atom. The maximum absolute atomic E-state index is 12.2. The molecule has 0 aliphatic carbocycles. The van der Waals surface area contributed by atoms with E-state index in [1.54, 1.807) is 18.2 Å². The first-order valence-corrected chi connectivity index (χ1v) is 9.24. The van der Waals surface area contributed by atoms with Gasteiger partial charge in [-0.1, -0.05) is 11.3 Å². The van der Waals surface area contributed by atoms with Gasteiger partial charge in [-0.3, -0.25) is 14.9 Å². The molecule has 1 aliphatic rings. The lowest BCUT2D eigenvalue weighted by Gasteiger charge is -2.21. The van der Waals surface area contributed by atoms with Gasteiger partial charge in [0, 0.05) is 10.5 Å². The maximum Gasteiger partial charge on any atom is 0.257 e. The molecule has 0 spiro atoms. The van der Waals surface area contributed by atoms with E-state index in [1.165, 1.54) is 18.0 Å².